The smallest absolute Gasteiger partial charge is 0.272 e. The molecule has 1 fully saturated rings. The molecule has 92 valence electrons. The molecule has 0 aromatic carbocycles. The Bertz CT molecular complexity index is 422. The Balaban J connectivity index is 2.31. The van der Waals surface area contributed by atoms with Crippen LogP contribution in [0.4, 0.5) is 0 Å². The zero-order chi connectivity index (χ0) is 12.4. The van der Waals surface area contributed by atoms with Crippen LogP contribution in [0.5, 0.6) is 0 Å². The van der Waals surface area contributed by atoms with Crippen LogP contribution < -0.4 is 0 Å². The van der Waals surface area contributed by atoms with E-state index in [1.54, 1.807) is 0 Å². The van der Waals surface area contributed by atoms with E-state index in [1.165, 1.54) is 5.56 Å². The maximum absolute atomic E-state index is 12.1. The van der Waals surface area contributed by atoms with E-state index in [1.807, 2.05) is 11.0 Å². The quantitative estimate of drug-likeness (QED) is 0.802. The first-order valence-electron chi connectivity index (χ1n) is 6.42. The monoisotopic (exact) mass is 232 g/mol. The maximum atomic E-state index is 12.1. The molecule has 2 rings (SSSR count). The number of aromatic nitrogens is 1. The second kappa shape index (κ2) is 4.86. The molecule has 0 radical (unpaired) electrons. The third-order valence-electron chi connectivity index (χ3n) is 3.29. The number of rotatable bonds is 3. The topological polar surface area (TPSA) is 33.2 Å². The number of pyridine rings is 1. The first kappa shape index (κ1) is 12.1. The number of aryl methyl sites for hydroxylation is 1. The van der Waals surface area contributed by atoms with Crippen molar-refractivity contribution in [1.29, 1.82) is 0 Å². The van der Waals surface area contributed by atoms with Gasteiger partial charge in [-0.2, -0.15) is 0 Å². The van der Waals surface area contributed by atoms with Crippen LogP contribution in [0.1, 0.15) is 54.9 Å². The van der Waals surface area contributed by atoms with Crippen LogP contribution in [0.2, 0.25) is 0 Å². The van der Waals surface area contributed by atoms with Gasteiger partial charge in [-0.05, 0) is 36.5 Å². The molecule has 1 aliphatic rings. The highest BCUT2D eigenvalue weighted by Gasteiger charge is 2.23. The molecule has 0 N–H and O–H groups in total. The van der Waals surface area contributed by atoms with Crippen molar-refractivity contribution in [2.75, 3.05) is 13.1 Å². The fourth-order valence-electron chi connectivity index (χ4n) is 1.92. The maximum Gasteiger partial charge on any atom is 0.272 e. The SMILES string of the molecule is CCc1cc(C(C)C)cc(C(=O)N2CCC2)n1. The molecule has 1 amide bonds. The number of amides is 1. The van der Waals surface area contributed by atoms with E-state index >= 15 is 0 Å². The van der Waals surface area contributed by atoms with Crippen molar-refractivity contribution in [3.05, 3.63) is 29.1 Å². The van der Waals surface area contributed by atoms with Gasteiger partial charge in [0.1, 0.15) is 5.69 Å². The highest BCUT2D eigenvalue weighted by Crippen LogP contribution is 2.19. The molecular weight excluding hydrogens is 212 g/mol. The molecule has 1 aromatic rings. The summed E-state index contributed by atoms with van der Waals surface area (Å²) in [6.07, 6.45) is 2.00. The van der Waals surface area contributed by atoms with Crippen LogP contribution in [0.25, 0.3) is 0 Å². The van der Waals surface area contributed by atoms with Gasteiger partial charge >= 0.3 is 0 Å². The van der Waals surface area contributed by atoms with Crippen molar-refractivity contribution in [2.24, 2.45) is 0 Å². The molecular formula is C14H20N2O. The van der Waals surface area contributed by atoms with Crippen molar-refractivity contribution in [2.45, 2.75) is 39.5 Å². The molecule has 1 aromatic heterocycles. The summed E-state index contributed by atoms with van der Waals surface area (Å²) in [5.41, 5.74) is 2.84. The van der Waals surface area contributed by atoms with E-state index < -0.39 is 0 Å². The lowest BCUT2D eigenvalue weighted by molar-refractivity contribution is 0.0645. The predicted octanol–water partition coefficient (Wildman–Crippen LogP) is 2.61. The number of likely N-dealkylation sites (tertiary alicyclic amines) is 1. The third-order valence-corrected chi connectivity index (χ3v) is 3.29. The van der Waals surface area contributed by atoms with Gasteiger partial charge in [-0.25, -0.2) is 4.98 Å². The van der Waals surface area contributed by atoms with Crippen LogP contribution >= 0.6 is 0 Å². The largest absolute Gasteiger partial charge is 0.337 e. The van der Waals surface area contributed by atoms with Crippen molar-refractivity contribution < 1.29 is 4.79 Å². The lowest BCUT2D eigenvalue weighted by Crippen LogP contribution is -2.42. The van der Waals surface area contributed by atoms with Crippen LogP contribution in [0, 0.1) is 0 Å². The van der Waals surface area contributed by atoms with Crippen LogP contribution in [-0.2, 0) is 6.42 Å². The van der Waals surface area contributed by atoms with Crippen LogP contribution in [-0.4, -0.2) is 28.9 Å². The van der Waals surface area contributed by atoms with E-state index in [0.29, 0.717) is 11.6 Å². The fraction of sp³-hybridized carbons (Fsp3) is 0.571. The van der Waals surface area contributed by atoms with Gasteiger partial charge in [0.15, 0.2) is 0 Å². The molecule has 0 aliphatic carbocycles. The molecule has 0 bridgehead atoms. The predicted molar refractivity (Wildman–Crippen MR) is 68.2 cm³/mol. The highest BCUT2D eigenvalue weighted by atomic mass is 16.2. The van der Waals surface area contributed by atoms with Gasteiger partial charge in [-0.15, -0.1) is 0 Å². The fourth-order valence-corrected chi connectivity index (χ4v) is 1.92. The Morgan fingerprint density at radius 3 is 2.59 bits per heavy atom. The summed E-state index contributed by atoms with van der Waals surface area (Å²) in [5, 5.41) is 0. The van der Waals surface area contributed by atoms with Crippen molar-refractivity contribution >= 4 is 5.91 Å². The molecule has 17 heavy (non-hydrogen) atoms. The number of hydrogen-bond acceptors (Lipinski definition) is 2. The molecule has 1 saturated heterocycles. The van der Waals surface area contributed by atoms with Gasteiger partial charge in [0.2, 0.25) is 0 Å². The summed E-state index contributed by atoms with van der Waals surface area (Å²) in [6, 6.07) is 4.06. The Labute approximate surface area is 103 Å². The van der Waals surface area contributed by atoms with E-state index in [4.69, 9.17) is 0 Å². The van der Waals surface area contributed by atoms with Gasteiger partial charge < -0.3 is 4.90 Å². The average Bonchev–Trinajstić information content (AvgIpc) is 2.25. The van der Waals surface area contributed by atoms with Gasteiger partial charge in [-0.3, -0.25) is 4.79 Å². The van der Waals surface area contributed by atoms with Gasteiger partial charge in [0.05, 0.1) is 0 Å². The van der Waals surface area contributed by atoms with Crippen molar-refractivity contribution in [1.82, 2.24) is 9.88 Å². The normalized spacial score (nSPS) is 14.9. The highest BCUT2D eigenvalue weighted by molar-refractivity contribution is 5.93. The second-order valence-electron chi connectivity index (χ2n) is 4.93. The zero-order valence-corrected chi connectivity index (χ0v) is 10.9. The minimum Gasteiger partial charge on any atom is -0.337 e. The molecule has 2 heterocycles. The Kier molecular flexibility index (Phi) is 3.46. The summed E-state index contributed by atoms with van der Waals surface area (Å²) >= 11 is 0. The standard InChI is InChI=1S/C14H20N2O/c1-4-12-8-11(10(2)3)9-13(15-12)14(17)16-6-5-7-16/h8-10H,4-7H2,1-3H3. The summed E-state index contributed by atoms with van der Waals surface area (Å²) in [7, 11) is 0. The van der Waals surface area contributed by atoms with Crippen LogP contribution in [0.15, 0.2) is 12.1 Å². The molecule has 0 saturated carbocycles. The first-order valence-corrected chi connectivity index (χ1v) is 6.42. The summed E-state index contributed by atoms with van der Waals surface area (Å²) in [5.74, 6) is 0.527. The zero-order valence-electron chi connectivity index (χ0n) is 10.9. The summed E-state index contributed by atoms with van der Waals surface area (Å²) in [6.45, 7) is 8.13. The van der Waals surface area contributed by atoms with Gasteiger partial charge in [0, 0.05) is 18.8 Å². The van der Waals surface area contributed by atoms with Crippen molar-refractivity contribution in [3.8, 4) is 0 Å². The Morgan fingerprint density at radius 1 is 1.41 bits per heavy atom. The Morgan fingerprint density at radius 2 is 2.12 bits per heavy atom. The van der Waals surface area contributed by atoms with Crippen LogP contribution in [0.3, 0.4) is 0 Å². The number of hydrogen-bond donors (Lipinski definition) is 0. The minimum atomic E-state index is 0.0912. The van der Waals surface area contributed by atoms with E-state index in [9.17, 15) is 4.79 Å². The number of carbonyl (C=O) groups excluding carboxylic acids is 1. The average molecular weight is 232 g/mol. The summed E-state index contributed by atoms with van der Waals surface area (Å²) in [4.78, 5) is 18.4. The van der Waals surface area contributed by atoms with Crippen molar-refractivity contribution in [3.63, 3.8) is 0 Å². The minimum absolute atomic E-state index is 0.0912. The molecule has 3 heteroatoms. The summed E-state index contributed by atoms with van der Waals surface area (Å²) < 4.78 is 0. The molecule has 0 atom stereocenters. The van der Waals surface area contributed by atoms with Gasteiger partial charge in [0.25, 0.3) is 5.91 Å². The molecule has 0 spiro atoms. The van der Waals surface area contributed by atoms with E-state index in [0.717, 1.165) is 31.6 Å². The number of nitrogens with zero attached hydrogens (tertiary/aromatic N) is 2. The lowest BCUT2D eigenvalue weighted by Gasteiger charge is -2.30. The lowest BCUT2D eigenvalue weighted by atomic mass is 10.0. The Hall–Kier alpha value is -1.38. The third kappa shape index (κ3) is 2.48. The molecule has 1 aliphatic heterocycles. The second-order valence-corrected chi connectivity index (χ2v) is 4.93. The molecule has 3 nitrogen and oxygen atoms in total. The molecule has 0 unspecified atom stereocenters. The van der Waals surface area contributed by atoms with E-state index in [2.05, 4.69) is 31.8 Å². The van der Waals surface area contributed by atoms with Gasteiger partial charge in [-0.1, -0.05) is 20.8 Å². The first-order chi connectivity index (χ1) is 8.11. The number of carbonyl (C=O) groups is 1. The van der Waals surface area contributed by atoms with E-state index in [-0.39, 0.29) is 5.91 Å².